The monoisotopic (exact) mass is 360 g/mol. The van der Waals surface area contributed by atoms with Gasteiger partial charge in [-0.3, -0.25) is 0 Å². The molecule has 1 aliphatic carbocycles. The van der Waals surface area contributed by atoms with Crippen molar-refractivity contribution >= 4 is 12.2 Å². The van der Waals surface area contributed by atoms with Crippen LogP contribution in [0.15, 0.2) is 30.3 Å². The number of amides is 2. The average molecular weight is 360 g/mol. The quantitative estimate of drug-likeness (QED) is 0.893. The molecule has 6 heteroatoms. The SMILES string of the molecule is CC(NC(=O)OC(C)(C)C)C1C2CN(C(=O)OCc3ccccc3)CC21. The fraction of sp³-hybridized carbons (Fsp3) is 0.600. The van der Waals surface area contributed by atoms with Crippen molar-refractivity contribution in [2.24, 2.45) is 17.8 Å². The first-order valence-electron chi connectivity index (χ1n) is 9.20. The van der Waals surface area contributed by atoms with E-state index in [-0.39, 0.29) is 18.2 Å². The minimum Gasteiger partial charge on any atom is -0.445 e. The lowest BCUT2D eigenvalue weighted by atomic mass is 10.1. The van der Waals surface area contributed by atoms with Gasteiger partial charge in [-0.15, -0.1) is 0 Å². The van der Waals surface area contributed by atoms with Gasteiger partial charge in [-0.25, -0.2) is 9.59 Å². The van der Waals surface area contributed by atoms with E-state index in [9.17, 15) is 9.59 Å². The van der Waals surface area contributed by atoms with Crippen LogP contribution in [0, 0.1) is 17.8 Å². The zero-order valence-corrected chi connectivity index (χ0v) is 15.9. The smallest absolute Gasteiger partial charge is 0.410 e. The number of nitrogens with one attached hydrogen (secondary N) is 1. The Hall–Kier alpha value is -2.24. The molecule has 3 rings (SSSR count). The average Bonchev–Trinajstić information content (AvgIpc) is 3.06. The number of hydrogen-bond donors (Lipinski definition) is 1. The van der Waals surface area contributed by atoms with Gasteiger partial charge in [-0.2, -0.15) is 0 Å². The zero-order valence-electron chi connectivity index (χ0n) is 15.9. The molecule has 2 amide bonds. The number of ether oxygens (including phenoxy) is 2. The van der Waals surface area contributed by atoms with Crippen LogP contribution in [0.5, 0.6) is 0 Å². The molecule has 142 valence electrons. The van der Waals surface area contributed by atoms with Crippen molar-refractivity contribution in [3.8, 4) is 0 Å². The molecule has 1 aromatic carbocycles. The van der Waals surface area contributed by atoms with Crippen molar-refractivity contribution in [3.63, 3.8) is 0 Å². The number of piperidine rings is 1. The highest BCUT2D eigenvalue weighted by molar-refractivity contribution is 5.69. The topological polar surface area (TPSA) is 67.9 Å². The Kier molecular flexibility index (Phi) is 5.12. The second-order valence-corrected chi connectivity index (χ2v) is 8.29. The van der Waals surface area contributed by atoms with Crippen LogP contribution in [0.4, 0.5) is 9.59 Å². The number of hydrogen-bond acceptors (Lipinski definition) is 4. The van der Waals surface area contributed by atoms with E-state index in [0.717, 1.165) is 5.56 Å². The van der Waals surface area contributed by atoms with E-state index in [0.29, 0.717) is 37.5 Å². The Balaban J connectivity index is 1.40. The number of fused-ring (bicyclic) bond motifs is 1. The maximum atomic E-state index is 12.2. The lowest BCUT2D eigenvalue weighted by Crippen LogP contribution is -2.41. The predicted molar refractivity (Wildman–Crippen MR) is 97.5 cm³/mol. The van der Waals surface area contributed by atoms with E-state index in [1.165, 1.54) is 0 Å². The highest BCUT2D eigenvalue weighted by Crippen LogP contribution is 2.53. The third kappa shape index (κ3) is 4.48. The summed E-state index contributed by atoms with van der Waals surface area (Å²) in [7, 11) is 0. The summed E-state index contributed by atoms with van der Waals surface area (Å²) in [5, 5.41) is 2.92. The summed E-state index contributed by atoms with van der Waals surface area (Å²) in [6, 6.07) is 9.72. The van der Waals surface area contributed by atoms with Crippen LogP contribution in [0.2, 0.25) is 0 Å². The minimum atomic E-state index is -0.497. The van der Waals surface area contributed by atoms with Gasteiger partial charge in [0, 0.05) is 19.1 Å². The molecule has 1 aromatic rings. The van der Waals surface area contributed by atoms with Crippen molar-refractivity contribution in [2.45, 2.75) is 45.9 Å². The Morgan fingerprint density at radius 1 is 1.19 bits per heavy atom. The summed E-state index contributed by atoms with van der Waals surface area (Å²) >= 11 is 0. The fourth-order valence-electron chi connectivity index (χ4n) is 3.86. The molecule has 2 aliphatic rings. The van der Waals surface area contributed by atoms with Gasteiger partial charge < -0.3 is 19.7 Å². The van der Waals surface area contributed by atoms with Crippen molar-refractivity contribution in [2.75, 3.05) is 13.1 Å². The van der Waals surface area contributed by atoms with Gasteiger partial charge >= 0.3 is 12.2 Å². The molecule has 1 saturated heterocycles. The molecular weight excluding hydrogens is 332 g/mol. The first-order chi connectivity index (χ1) is 12.2. The Morgan fingerprint density at radius 2 is 1.81 bits per heavy atom. The van der Waals surface area contributed by atoms with E-state index in [1.54, 1.807) is 4.90 Å². The van der Waals surface area contributed by atoms with Crippen LogP contribution in [0.25, 0.3) is 0 Å². The number of carbonyl (C=O) groups excluding carboxylic acids is 2. The molecule has 2 fully saturated rings. The van der Waals surface area contributed by atoms with E-state index >= 15 is 0 Å². The van der Waals surface area contributed by atoms with Gasteiger partial charge in [0.1, 0.15) is 12.2 Å². The normalized spacial score (nSPS) is 25.2. The summed E-state index contributed by atoms with van der Waals surface area (Å²) in [5.74, 6) is 1.27. The molecule has 1 saturated carbocycles. The second-order valence-electron chi connectivity index (χ2n) is 8.29. The molecule has 1 heterocycles. The van der Waals surface area contributed by atoms with Gasteiger partial charge in [-0.05, 0) is 51.0 Å². The third-order valence-corrected chi connectivity index (χ3v) is 5.05. The summed E-state index contributed by atoms with van der Waals surface area (Å²) in [5.41, 5.74) is 0.487. The maximum absolute atomic E-state index is 12.2. The van der Waals surface area contributed by atoms with Crippen LogP contribution in [-0.4, -0.2) is 41.8 Å². The summed E-state index contributed by atoms with van der Waals surface area (Å²) in [4.78, 5) is 25.9. The molecular formula is C20H28N2O4. The molecule has 3 atom stereocenters. The molecule has 3 unspecified atom stereocenters. The largest absolute Gasteiger partial charge is 0.445 e. The fourth-order valence-corrected chi connectivity index (χ4v) is 3.86. The van der Waals surface area contributed by atoms with Gasteiger partial charge in [0.25, 0.3) is 0 Å². The van der Waals surface area contributed by atoms with Crippen LogP contribution in [0.3, 0.4) is 0 Å². The lowest BCUT2D eigenvalue weighted by molar-refractivity contribution is 0.0495. The zero-order chi connectivity index (χ0) is 18.9. The third-order valence-electron chi connectivity index (χ3n) is 5.05. The van der Waals surface area contributed by atoms with Gasteiger partial charge in [0.2, 0.25) is 0 Å². The number of alkyl carbamates (subject to hydrolysis) is 1. The second kappa shape index (κ2) is 7.17. The van der Waals surface area contributed by atoms with Crippen LogP contribution in [0.1, 0.15) is 33.3 Å². The highest BCUT2D eigenvalue weighted by Gasteiger charge is 2.59. The minimum absolute atomic E-state index is 0.0438. The summed E-state index contributed by atoms with van der Waals surface area (Å²) < 4.78 is 10.7. The standard InChI is InChI=1S/C20H28N2O4/c1-13(21-18(23)26-20(2,3)4)17-15-10-22(11-16(15)17)19(24)25-12-14-8-6-5-7-9-14/h5-9,13,15-17H,10-12H2,1-4H3,(H,21,23). The van der Waals surface area contributed by atoms with E-state index in [4.69, 9.17) is 9.47 Å². The lowest BCUT2D eigenvalue weighted by Gasteiger charge is -2.24. The highest BCUT2D eigenvalue weighted by atomic mass is 16.6. The molecule has 1 aliphatic heterocycles. The molecule has 0 aromatic heterocycles. The number of carbonyl (C=O) groups is 2. The van der Waals surface area contributed by atoms with Crippen LogP contribution < -0.4 is 5.32 Å². The maximum Gasteiger partial charge on any atom is 0.410 e. The van der Waals surface area contributed by atoms with Crippen molar-refractivity contribution in [1.82, 2.24) is 10.2 Å². The van der Waals surface area contributed by atoms with Crippen molar-refractivity contribution in [3.05, 3.63) is 35.9 Å². The number of nitrogens with zero attached hydrogens (tertiary/aromatic N) is 1. The number of likely N-dealkylation sites (tertiary alicyclic amines) is 1. The molecule has 1 N–H and O–H groups in total. The van der Waals surface area contributed by atoms with Crippen molar-refractivity contribution < 1.29 is 19.1 Å². The summed E-state index contributed by atoms with van der Waals surface area (Å²) in [6.45, 7) is 9.25. The molecule has 0 radical (unpaired) electrons. The Labute approximate surface area is 154 Å². The van der Waals surface area contributed by atoms with Gasteiger partial charge in [0.05, 0.1) is 0 Å². The van der Waals surface area contributed by atoms with E-state index in [2.05, 4.69) is 5.32 Å². The summed E-state index contributed by atoms with van der Waals surface area (Å²) in [6.07, 6.45) is -0.637. The Morgan fingerprint density at radius 3 is 2.38 bits per heavy atom. The predicted octanol–water partition coefficient (Wildman–Crippen LogP) is 3.41. The number of benzene rings is 1. The van der Waals surface area contributed by atoms with Gasteiger partial charge in [0.15, 0.2) is 0 Å². The van der Waals surface area contributed by atoms with Gasteiger partial charge in [-0.1, -0.05) is 30.3 Å². The number of rotatable bonds is 4. The van der Waals surface area contributed by atoms with E-state index in [1.807, 2.05) is 58.0 Å². The molecule has 6 nitrogen and oxygen atoms in total. The van der Waals surface area contributed by atoms with Crippen LogP contribution in [-0.2, 0) is 16.1 Å². The first-order valence-corrected chi connectivity index (χ1v) is 9.20. The van der Waals surface area contributed by atoms with Crippen molar-refractivity contribution in [1.29, 1.82) is 0 Å². The first kappa shape index (κ1) is 18.5. The molecule has 0 spiro atoms. The van der Waals surface area contributed by atoms with E-state index < -0.39 is 5.60 Å². The Bertz CT molecular complexity index is 644. The molecule has 0 bridgehead atoms. The molecule has 26 heavy (non-hydrogen) atoms. The van der Waals surface area contributed by atoms with Crippen LogP contribution >= 0.6 is 0 Å².